The molecule has 1 aromatic rings. The highest BCUT2D eigenvalue weighted by Crippen LogP contribution is 2.34. The van der Waals surface area contributed by atoms with E-state index in [1.807, 2.05) is 26.8 Å². The van der Waals surface area contributed by atoms with Gasteiger partial charge in [-0.2, -0.15) is 5.10 Å². The van der Waals surface area contributed by atoms with Gasteiger partial charge in [0, 0.05) is 18.3 Å². The maximum absolute atomic E-state index is 12.3. The summed E-state index contributed by atoms with van der Waals surface area (Å²) in [6, 6.07) is 1.76. The molecule has 0 spiro atoms. The molecule has 2 atom stereocenters. The van der Waals surface area contributed by atoms with Crippen LogP contribution in [0.1, 0.15) is 43.6 Å². The Labute approximate surface area is 114 Å². The van der Waals surface area contributed by atoms with Gasteiger partial charge < -0.3 is 10.4 Å². The lowest BCUT2D eigenvalue weighted by Gasteiger charge is -2.21. The lowest BCUT2D eigenvalue weighted by atomic mass is 10.1. The Morgan fingerprint density at radius 3 is 2.74 bits per heavy atom. The minimum absolute atomic E-state index is 0.0171. The number of rotatable bonds is 6. The molecule has 1 aliphatic rings. The summed E-state index contributed by atoms with van der Waals surface area (Å²) >= 11 is 0. The molecule has 5 nitrogen and oxygen atoms in total. The first-order chi connectivity index (χ1) is 9.02. The summed E-state index contributed by atoms with van der Waals surface area (Å²) in [6.07, 6.45) is 2.94. The molecule has 1 aliphatic carbocycles. The Balaban J connectivity index is 2.00. The number of hydrogen-bond acceptors (Lipinski definition) is 3. The number of nitrogens with one attached hydrogen (secondary N) is 1. The van der Waals surface area contributed by atoms with Crippen LogP contribution in [0.3, 0.4) is 0 Å². The maximum Gasteiger partial charge on any atom is 0.244 e. The quantitative estimate of drug-likeness (QED) is 0.815. The number of carbonyl (C=O) groups is 1. The predicted molar refractivity (Wildman–Crippen MR) is 72.8 cm³/mol. The molecule has 0 aromatic carbocycles. The second kappa shape index (κ2) is 5.74. The first-order valence-corrected chi connectivity index (χ1v) is 6.97. The first-order valence-electron chi connectivity index (χ1n) is 6.97. The van der Waals surface area contributed by atoms with E-state index >= 15 is 0 Å². The van der Waals surface area contributed by atoms with Gasteiger partial charge in [-0.1, -0.05) is 0 Å². The van der Waals surface area contributed by atoms with Crippen LogP contribution in [0.15, 0.2) is 6.07 Å². The summed E-state index contributed by atoms with van der Waals surface area (Å²) in [4.78, 5) is 12.3. The van der Waals surface area contributed by atoms with Gasteiger partial charge in [0.25, 0.3) is 0 Å². The van der Waals surface area contributed by atoms with Crippen molar-refractivity contribution in [1.29, 1.82) is 0 Å². The van der Waals surface area contributed by atoms with E-state index in [0.717, 1.165) is 24.2 Å². The van der Waals surface area contributed by atoms with Crippen LogP contribution in [0.5, 0.6) is 0 Å². The van der Waals surface area contributed by atoms with Crippen LogP contribution in [-0.4, -0.2) is 33.4 Å². The molecule has 0 saturated heterocycles. The van der Waals surface area contributed by atoms with Gasteiger partial charge in [0.2, 0.25) is 5.91 Å². The van der Waals surface area contributed by atoms with Gasteiger partial charge in [0.1, 0.15) is 6.04 Å². The zero-order valence-corrected chi connectivity index (χ0v) is 11.9. The highest BCUT2D eigenvalue weighted by molar-refractivity contribution is 5.80. The normalized spacial score (nSPS) is 18.1. The molecule has 1 fully saturated rings. The topological polar surface area (TPSA) is 67.2 Å². The highest BCUT2D eigenvalue weighted by Gasteiger charge is 2.33. The fourth-order valence-corrected chi connectivity index (χ4v) is 2.52. The summed E-state index contributed by atoms with van der Waals surface area (Å²) in [5, 5.41) is 16.5. The Bertz CT molecular complexity index is 452. The van der Waals surface area contributed by atoms with Gasteiger partial charge in [-0.15, -0.1) is 0 Å². The van der Waals surface area contributed by atoms with Gasteiger partial charge in [0.05, 0.1) is 5.69 Å². The molecule has 2 N–H and O–H groups in total. The number of amides is 1. The number of aliphatic hydroxyl groups excluding tert-OH is 1. The fourth-order valence-electron chi connectivity index (χ4n) is 2.52. The van der Waals surface area contributed by atoms with E-state index in [9.17, 15) is 4.79 Å². The summed E-state index contributed by atoms with van der Waals surface area (Å²) < 4.78 is 1.76. The van der Waals surface area contributed by atoms with Crippen molar-refractivity contribution in [1.82, 2.24) is 15.1 Å². The third-order valence-corrected chi connectivity index (χ3v) is 3.75. The number of carbonyl (C=O) groups excluding carboxylic acids is 1. The second-order valence-electron chi connectivity index (χ2n) is 5.51. The lowest BCUT2D eigenvalue weighted by molar-refractivity contribution is -0.125. The van der Waals surface area contributed by atoms with Crippen molar-refractivity contribution in [2.75, 3.05) is 6.61 Å². The molecule has 0 aliphatic heterocycles. The Hall–Kier alpha value is -1.36. The van der Waals surface area contributed by atoms with Crippen LogP contribution < -0.4 is 5.32 Å². The number of aromatic nitrogens is 2. The summed E-state index contributed by atoms with van der Waals surface area (Å²) in [6.45, 7) is 5.86. The molecule has 1 amide bonds. The standard InChI is InChI=1S/C14H23N3O2/c1-9-8-10(2)17(16-9)11(3)14(19)15-13(6-7-18)12-4-5-12/h8,11-13,18H,4-7H2,1-3H3,(H,15,19). The van der Waals surface area contributed by atoms with Crippen LogP contribution >= 0.6 is 0 Å². The Morgan fingerprint density at radius 2 is 2.26 bits per heavy atom. The largest absolute Gasteiger partial charge is 0.396 e. The van der Waals surface area contributed by atoms with Gasteiger partial charge >= 0.3 is 0 Å². The third kappa shape index (κ3) is 3.35. The van der Waals surface area contributed by atoms with E-state index in [1.54, 1.807) is 4.68 Å². The van der Waals surface area contributed by atoms with Crippen LogP contribution in [-0.2, 0) is 4.79 Å². The van der Waals surface area contributed by atoms with Gasteiger partial charge in [0.15, 0.2) is 0 Å². The summed E-state index contributed by atoms with van der Waals surface area (Å²) in [5.41, 5.74) is 1.91. The van der Waals surface area contributed by atoms with Crippen LogP contribution in [0.25, 0.3) is 0 Å². The van der Waals surface area contributed by atoms with Crippen molar-refractivity contribution in [3.63, 3.8) is 0 Å². The summed E-state index contributed by atoms with van der Waals surface area (Å²) in [5.74, 6) is 0.528. The molecule has 106 valence electrons. The average Bonchev–Trinajstić information content (AvgIpc) is 3.13. The Kier molecular flexibility index (Phi) is 4.24. The van der Waals surface area contributed by atoms with Crippen molar-refractivity contribution in [3.05, 3.63) is 17.5 Å². The first kappa shape index (κ1) is 14.1. The van der Waals surface area contributed by atoms with Crippen molar-refractivity contribution < 1.29 is 9.90 Å². The molecule has 1 aromatic heterocycles. The summed E-state index contributed by atoms with van der Waals surface area (Å²) in [7, 11) is 0. The second-order valence-corrected chi connectivity index (χ2v) is 5.51. The molecule has 2 rings (SSSR count). The molecule has 0 radical (unpaired) electrons. The van der Waals surface area contributed by atoms with Crippen molar-refractivity contribution in [2.45, 2.75) is 52.1 Å². The predicted octanol–water partition coefficient (Wildman–Crippen LogP) is 1.34. The van der Waals surface area contributed by atoms with Gasteiger partial charge in [-0.25, -0.2) is 0 Å². The van der Waals surface area contributed by atoms with Crippen LogP contribution in [0.4, 0.5) is 0 Å². The molecular weight excluding hydrogens is 242 g/mol. The molecule has 1 heterocycles. The third-order valence-electron chi connectivity index (χ3n) is 3.75. The SMILES string of the molecule is Cc1cc(C)n(C(C)C(=O)NC(CCO)C2CC2)n1. The van der Waals surface area contributed by atoms with E-state index in [0.29, 0.717) is 12.3 Å². The number of hydrogen-bond donors (Lipinski definition) is 2. The Morgan fingerprint density at radius 1 is 1.58 bits per heavy atom. The van der Waals surface area contributed by atoms with Crippen molar-refractivity contribution in [3.8, 4) is 0 Å². The van der Waals surface area contributed by atoms with Crippen LogP contribution in [0, 0.1) is 19.8 Å². The van der Waals surface area contributed by atoms with E-state index in [-0.39, 0.29) is 24.6 Å². The number of aliphatic hydroxyl groups is 1. The number of nitrogens with zero attached hydrogens (tertiary/aromatic N) is 2. The molecule has 5 heteroatoms. The van der Waals surface area contributed by atoms with Gasteiger partial charge in [-0.3, -0.25) is 9.48 Å². The van der Waals surface area contributed by atoms with Crippen LogP contribution in [0.2, 0.25) is 0 Å². The van der Waals surface area contributed by atoms with Crippen molar-refractivity contribution in [2.24, 2.45) is 5.92 Å². The van der Waals surface area contributed by atoms with Gasteiger partial charge in [-0.05, 0) is 52.0 Å². The minimum Gasteiger partial charge on any atom is -0.396 e. The molecule has 0 bridgehead atoms. The van der Waals surface area contributed by atoms with E-state index < -0.39 is 0 Å². The smallest absolute Gasteiger partial charge is 0.244 e. The average molecular weight is 265 g/mol. The fraction of sp³-hybridized carbons (Fsp3) is 0.714. The van der Waals surface area contributed by atoms with E-state index in [1.165, 1.54) is 0 Å². The lowest BCUT2D eigenvalue weighted by Crippen LogP contribution is -2.41. The molecular formula is C14H23N3O2. The van der Waals surface area contributed by atoms with E-state index in [4.69, 9.17) is 5.11 Å². The maximum atomic E-state index is 12.3. The monoisotopic (exact) mass is 265 g/mol. The highest BCUT2D eigenvalue weighted by atomic mass is 16.3. The zero-order chi connectivity index (χ0) is 14.0. The number of aryl methyl sites for hydroxylation is 2. The molecule has 19 heavy (non-hydrogen) atoms. The minimum atomic E-state index is -0.311. The van der Waals surface area contributed by atoms with E-state index in [2.05, 4.69) is 10.4 Å². The van der Waals surface area contributed by atoms with Crippen molar-refractivity contribution >= 4 is 5.91 Å². The molecule has 1 saturated carbocycles. The molecule has 2 unspecified atom stereocenters. The zero-order valence-electron chi connectivity index (χ0n) is 11.9.